The highest BCUT2D eigenvalue weighted by Gasteiger charge is 2.52. The number of rotatable bonds is 0. The number of aliphatic hydroxyl groups is 4. The first kappa shape index (κ1) is 17.5. The maximum absolute atomic E-state index is 13.0. The fraction of sp³-hybridized carbons (Fsp3) is 0.278. The highest BCUT2D eigenvalue weighted by atomic mass is 16.4. The molecule has 1 aromatic rings. The normalized spacial score (nSPS) is 27.7. The molecule has 9 heteroatoms. The zero-order valence-corrected chi connectivity index (χ0v) is 14.0. The number of nitrogens with one attached hydrogen (secondary N) is 1. The van der Waals surface area contributed by atoms with Gasteiger partial charge in [0.05, 0.1) is 21.3 Å². The average Bonchev–Trinajstić information content (AvgIpc) is 2.98. The maximum Gasteiger partial charge on any atom is 0.382 e. The quantitative estimate of drug-likeness (QED) is 0.200. The van der Waals surface area contributed by atoms with Crippen molar-refractivity contribution in [3.05, 3.63) is 65.6 Å². The second-order valence-corrected chi connectivity index (χ2v) is 6.91. The first-order valence-electron chi connectivity index (χ1n) is 8.06. The van der Waals surface area contributed by atoms with Gasteiger partial charge < -0.3 is 25.5 Å². The summed E-state index contributed by atoms with van der Waals surface area (Å²) in [5.74, 6) is -0.431. The standard InChI is InChI=1S/C18H14N2O7/c1-18(27)16(25)11-9(15(24)17(18)26)8-10(12(11)20-19)14(23)7-5(13(8)22)3-2-4-6(7)21/h2-4,15-17,19,24-27H,1H3/p+1/t15-,16+,17+,18-/m0/s1. The fourth-order valence-corrected chi connectivity index (χ4v) is 3.97. The van der Waals surface area contributed by atoms with Gasteiger partial charge in [0, 0.05) is 16.2 Å². The third-order valence-electron chi connectivity index (χ3n) is 5.40. The Labute approximate surface area is 149 Å². The molecule has 3 aliphatic rings. The Morgan fingerprint density at radius 1 is 1.07 bits per heavy atom. The van der Waals surface area contributed by atoms with E-state index in [9.17, 15) is 35.1 Å². The van der Waals surface area contributed by atoms with Crippen LogP contribution in [0.3, 0.4) is 0 Å². The summed E-state index contributed by atoms with van der Waals surface area (Å²) in [7, 11) is 0. The zero-order chi connectivity index (χ0) is 19.8. The molecule has 0 unspecified atom stereocenters. The Hall–Kier alpha value is -2.94. The number of fused-ring (bicyclic) bond motifs is 3. The second-order valence-electron chi connectivity index (χ2n) is 6.91. The highest BCUT2D eigenvalue weighted by Crippen LogP contribution is 2.42. The smallest absolute Gasteiger partial charge is 0.382 e. The largest absolute Gasteiger partial charge is 0.507 e. The summed E-state index contributed by atoms with van der Waals surface area (Å²) in [5, 5.41) is 50.3. The average molecular weight is 371 g/mol. The van der Waals surface area contributed by atoms with Crippen molar-refractivity contribution in [2.75, 3.05) is 0 Å². The minimum atomic E-state index is -2.20. The summed E-state index contributed by atoms with van der Waals surface area (Å²) >= 11 is 0. The molecular weight excluding hydrogens is 356 g/mol. The van der Waals surface area contributed by atoms with Gasteiger partial charge in [-0.05, 0) is 13.0 Å². The van der Waals surface area contributed by atoms with Crippen molar-refractivity contribution >= 4 is 10.8 Å². The van der Waals surface area contributed by atoms with Crippen LogP contribution >= 0.6 is 0 Å². The second kappa shape index (κ2) is 5.29. The van der Waals surface area contributed by atoms with Crippen LogP contribution in [0.2, 0.25) is 0 Å². The molecule has 27 heavy (non-hydrogen) atoms. The van der Waals surface area contributed by atoms with E-state index in [0.29, 0.717) is 0 Å². The number of hydrogen-bond acceptors (Lipinski definition) is 8. The van der Waals surface area contributed by atoms with E-state index < -0.39 is 40.5 Å². The number of benzene rings is 1. The number of phenols is 1. The Balaban J connectivity index is 2.43. The predicted octanol–water partition coefficient (Wildman–Crippen LogP) is -1.80. The number of aliphatic hydroxyl groups excluding tert-OH is 3. The van der Waals surface area contributed by atoms with Crippen LogP contribution in [-0.4, -0.2) is 42.0 Å². The summed E-state index contributed by atoms with van der Waals surface area (Å²) in [5.41, 5.74) is 3.21. The molecule has 0 bridgehead atoms. The summed E-state index contributed by atoms with van der Waals surface area (Å²) in [6.45, 7) is 1.08. The van der Waals surface area contributed by atoms with E-state index in [1.807, 2.05) is 0 Å². The Bertz CT molecular complexity index is 1360. The Morgan fingerprint density at radius 3 is 2.37 bits per heavy atom. The zero-order valence-electron chi connectivity index (χ0n) is 14.0. The van der Waals surface area contributed by atoms with E-state index in [2.05, 4.69) is 4.79 Å². The minimum absolute atomic E-state index is 0.106. The topological polar surface area (TPSA) is 173 Å². The predicted molar refractivity (Wildman–Crippen MR) is 88.5 cm³/mol. The summed E-state index contributed by atoms with van der Waals surface area (Å²) in [4.78, 5) is 29.3. The SMILES string of the molecule is C[C@]1(O)[C@H](O)c2c(c3c(=O)c4cccc(O)c4c(=O)c=3c2=[N+]=N)[C@H](O)[C@H]1O. The maximum atomic E-state index is 13.0. The van der Waals surface area contributed by atoms with Crippen molar-refractivity contribution in [1.29, 1.82) is 5.53 Å². The monoisotopic (exact) mass is 371 g/mol. The van der Waals surface area contributed by atoms with Crippen LogP contribution in [0.4, 0.5) is 0 Å². The number of aromatic hydroxyl groups is 1. The van der Waals surface area contributed by atoms with Gasteiger partial charge in [0.15, 0.2) is 5.43 Å². The van der Waals surface area contributed by atoms with Crippen LogP contribution in [0.1, 0.15) is 30.3 Å². The molecule has 0 aromatic heterocycles. The molecule has 138 valence electrons. The highest BCUT2D eigenvalue weighted by molar-refractivity contribution is 5.88. The molecule has 6 N–H and O–H groups in total. The van der Waals surface area contributed by atoms with Gasteiger partial charge in [0.1, 0.15) is 34.9 Å². The van der Waals surface area contributed by atoms with Crippen molar-refractivity contribution in [1.82, 2.24) is 0 Å². The minimum Gasteiger partial charge on any atom is -0.507 e. The van der Waals surface area contributed by atoms with Crippen LogP contribution in [0, 0.1) is 16.0 Å². The lowest BCUT2D eigenvalue weighted by Gasteiger charge is -2.40. The molecule has 4 atom stereocenters. The number of phenolic OH excluding ortho intramolecular Hbond substituents is 1. The molecule has 0 aliphatic heterocycles. The van der Waals surface area contributed by atoms with Crippen LogP contribution in [0.15, 0.2) is 27.8 Å². The van der Waals surface area contributed by atoms with Crippen molar-refractivity contribution in [2.45, 2.75) is 30.8 Å². The molecular formula is C18H15N2O7+. The van der Waals surface area contributed by atoms with E-state index >= 15 is 0 Å². The molecule has 0 heterocycles. The van der Waals surface area contributed by atoms with E-state index in [-0.39, 0.29) is 37.7 Å². The molecule has 0 amide bonds. The van der Waals surface area contributed by atoms with E-state index in [1.165, 1.54) is 18.2 Å². The summed E-state index contributed by atoms with van der Waals surface area (Å²) < 4.78 is 0. The van der Waals surface area contributed by atoms with E-state index in [1.54, 1.807) is 0 Å². The van der Waals surface area contributed by atoms with Gasteiger partial charge in [-0.2, -0.15) is 0 Å². The summed E-state index contributed by atoms with van der Waals surface area (Å²) in [6.07, 6.45) is -5.45. The van der Waals surface area contributed by atoms with Gasteiger partial charge in [-0.3, -0.25) is 9.59 Å². The molecule has 0 radical (unpaired) electrons. The molecule has 4 rings (SSSR count). The van der Waals surface area contributed by atoms with E-state index in [4.69, 9.17) is 5.53 Å². The van der Waals surface area contributed by atoms with Gasteiger partial charge in [0.2, 0.25) is 5.43 Å². The van der Waals surface area contributed by atoms with Gasteiger partial charge in [-0.25, -0.2) is 0 Å². The molecule has 1 aromatic carbocycles. The molecule has 0 spiro atoms. The third kappa shape index (κ3) is 1.92. The van der Waals surface area contributed by atoms with Crippen LogP contribution < -0.4 is 16.2 Å². The van der Waals surface area contributed by atoms with Gasteiger partial charge in [-0.15, -0.1) is 0 Å². The molecule has 0 fully saturated rings. The van der Waals surface area contributed by atoms with Gasteiger partial charge >= 0.3 is 5.36 Å². The van der Waals surface area contributed by atoms with E-state index in [0.717, 1.165) is 6.92 Å². The molecule has 0 saturated carbocycles. The molecule has 0 saturated heterocycles. The Morgan fingerprint density at radius 2 is 1.74 bits per heavy atom. The fourth-order valence-electron chi connectivity index (χ4n) is 3.97. The van der Waals surface area contributed by atoms with Gasteiger partial charge in [0.25, 0.3) is 0 Å². The lowest BCUT2D eigenvalue weighted by Crippen LogP contribution is -2.52. The van der Waals surface area contributed by atoms with Crippen LogP contribution in [0.25, 0.3) is 10.8 Å². The first-order valence-corrected chi connectivity index (χ1v) is 8.06. The van der Waals surface area contributed by atoms with Crippen LogP contribution in [-0.2, 0) is 0 Å². The molecule has 3 aliphatic carbocycles. The van der Waals surface area contributed by atoms with Crippen molar-refractivity contribution in [3.8, 4) is 5.75 Å². The number of nitrogens with zero attached hydrogens (tertiary/aromatic N) is 1. The van der Waals surface area contributed by atoms with Crippen molar-refractivity contribution < 1.29 is 30.3 Å². The number of hydrogen-bond donors (Lipinski definition) is 6. The molecule has 9 nitrogen and oxygen atoms in total. The van der Waals surface area contributed by atoms with Gasteiger partial charge in [-0.1, -0.05) is 12.1 Å². The lowest BCUT2D eigenvalue weighted by molar-refractivity contribution is -0.195. The summed E-state index contributed by atoms with van der Waals surface area (Å²) in [6, 6.07) is 3.93. The Kier molecular flexibility index (Phi) is 3.42. The first-order chi connectivity index (χ1) is 12.6. The van der Waals surface area contributed by atoms with Crippen molar-refractivity contribution in [2.24, 2.45) is 0 Å². The third-order valence-corrected chi connectivity index (χ3v) is 5.40. The van der Waals surface area contributed by atoms with Crippen molar-refractivity contribution in [3.63, 3.8) is 0 Å². The lowest BCUT2D eigenvalue weighted by atomic mass is 9.76. The van der Waals surface area contributed by atoms with Crippen LogP contribution in [0.5, 0.6) is 5.75 Å².